The number of hydrogen-bond acceptors (Lipinski definition) is 2. The van der Waals surface area contributed by atoms with Crippen LogP contribution in [-0.2, 0) is 0 Å². The van der Waals surface area contributed by atoms with Gasteiger partial charge in [-0.15, -0.1) is 0 Å². The van der Waals surface area contributed by atoms with Crippen molar-refractivity contribution in [2.24, 2.45) is 0 Å². The molecule has 0 saturated carbocycles. The van der Waals surface area contributed by atoms with E-state index in [1.165, 1.54) is 32.2 Å². The summed E-state index contributed by atoms with van der Waals surface area (Å²) in [6.07, 6.45) is 5.30. The summed E-state index contributed by atoms with van der Waals surface area (Å²) in [5, 5.41) is 0. The van der Waals surface area contributed by atoms with Gasteiger partial charge in [-0.1, -0.05) is 13.3 Å². The fourth-order valence-corrected chi connectivity index (χ4v) is 1.64. The first-order valence-corrected chi connectivity index (χ1v) is 5.39. The monoisotopic (exact) mass is 186 g/mol. The molecule has 0 spiro atoms. The van der Waals surface area contributed by atoms with Gasteiger partial charge >= 0.3 is 0 Å². The molecule has 0 bridgehead atoms. The molecule has 0 radical (unpaired) electrons. The van der Waals surface area contributed by atoms with Gasteiger partial charge in [-0.2, -0.15) is 0 Å². The third-order valence-electron chi connectivity index (χ3n) is 2.59. The fourth-order valence-electron chi connectivity index (χ4n) is 1.64. The highest BCUT2D eigenvalue weighted by atomic mass is 15.1. The van der Waals surface area contributed by atoms with Gasteiger partial charge in [0.05, 0.1) is 0 Å². The van der Waals surface area contributed by atoms with Gasteiger partial charge in [0.15, 0.2) is 0 Å². The standard InChI is InChI=1S/C11H26N2/c1-6-11(13(4)5)9-7-8-10-12(2)3/h11H,6-10H2,1-5H3. The van der Waals surface area contributed by atoms with Gasteiger partial charge in [-0.25, -0.2) is 0 Å². The quantitative estimate of drug-likeness (QED) is 0.562. The summed E-state index contributed by atoms with van der Waals surface area (Å²) in [6.45, 7) is 3.50. The van der Waals surface area contributed by atoms with Crippen molar-refractivity contribution in [3.63, 3.8) is 0 Å². The van der Waals surface area contributed by atoms with Gasteiger partial charge in [-0.3, -0.25) is 0 Å². The first-order valence-electron chi connectivity index (χ1n) is 5.39. The summed E-state index contributed by atoms with van der Waals surface area (Å²) >= 11 is 0. The van der Waals surface area contributed by atoms with Crippen molar-refractivity contribution in [2.45, 2.75) is 38.6 Å². The van der Waals surface area contributed by atoms with Gasteiger partial charge in [0.25, 0.3) is 0 Å². The second-order valence-corrected chi connectivity index (χ2v) is 4.32. The molecule has 0 aromatic carbocycles. The first kappa shape index (κ1) is 12.9. The van der Waals surface area contributed by atoms with E-state index in [4.69, 9.17) is 0 Å². The Morgan fingerprint density at radius 1 is 1.00 bits per heavy atom. The van der Waals surface area contributed by atoms with Crippen LogP contribution in [0.5, 0.6) is 0 Å². The van der Waals surface area contributed by atoms with Crippen LogP contribution >= 0.6 is 0 Å². The molecule has 1 atom stereocenters. The third-order valence-corrected chi connectivity index (χ3v) is 2.59. The van der Waals surface area contributed by atoms with E-state index in [-0.39, 0.29) is 0 Å². The number of rotatable bonds is 7. The lowest BCUT2D eigenvalue weighted by molar-refractivity contribution is 0.261. The zero-order valence-corrected chi connectivity index (χ0v) is 10.0. The molecule has 2 nitrogen and oxygen atoms in total. The molecule has 0 aliphatic heterocycles. The van der Waals surface area contributed by atoms with Crippen molar-refractivity contribution < 1.29 is 0 Å². The van der Waals surface area contributed by atoms with E-state index in [1.807, 2.05) is 0 Å². The van der Waals surface area contributed by atoms with E-state index in [9.17, 15) is 0 Å². The smallest absolute Gasteiger partial charge is 0.00865 e. The molecule has 0 saturated heterocycles. The van der Waals surface area contributed by atoms with E-state index >= 15 is 0 Å². The minimum absolute atomic E-state index is 0.780. The highest BCUT2D eigenvalue weighted by Gasteiger charge is 2.07. The lowest BCUT2D eigenvalue weighted by atomic mass is 10.1. The van der Waals surface area contributed by atoms with Crippen LogP contribution in [0, 0.1) is 0 Å². The van der Waals surface area contributed by atoms with E-state index in [1.54, 1.807) is 0 Å². The molecule has 2 heteroatoms. The van der Waals surface area contributed by atoms with Crippen LogP contribution in [0.2, 0.25) is 0 Å². The van der Waals surface area contributed by atoms with Crippen molar-refractivity contribution in [3.05, 3.63) is 0 Å². The van der Waals surface area contributed by atoms with Gasteiger partial charge in [-0.05, 0) is 54.0 Å². The van der Waals surface area contributed by atoms with Crippen LogP contribution in [-0.4, -0.2) is 50.6 Å². The molecule has 0 aromatic heterocycles. The van der Waals surface area contributed by atoms with Crippen LogP contribution in [0.3, 0.4) is 0 Å². The second-order valence-electron chi connectivity index (χ2n) is 4.32. The number of hydrogen-bond donors (Lipinski definition) is 0. The molecular formula is C11H26N2. The maximum atomic E-state index is 2.34. The summed E-state index contributed by atoms with van der Waals surface area (Å²) in [6, 6.07) is 0.780. The fraction of sp³-hybridized carbons (Fsp3) is 1.00. The van der Waals surface area contributed by atoms with Gasteiger partial charge < -0.3 is 9.80 Å². The largest absolute Gasteiger partial charge is 0.309 e. The molecular weight excluding hydrogens is 160 g/mol. The zero-order chi connectivity index (χ0) is 10.3. The Hall–Kier alpha value is -0.0800. The highest BCUT2D eigenvalue weighted by Crippen LogP contribution is 2.09. The predicted octanol–water partition coefficient (Wildman–Crippen LogP) is 2.06. The Morgan fingerprint density at radius 3 is 2.00 bits per heavy atom. The molecule has 0 aromatic rings. The van der Waals surface area contributed by atoms with Gasteiger partial charge in [0, 0.05) is 6.04 Å². The Balaban J connectivity index is 3.39. The van der Waals surface area contributed by atoms with Gasteiger partial charge in [0.2, 0.25) is 0 Å². The van der Waals surface area contributed by atoms with E-state index in [2.05, 4.69) is 44.9 Å². The molecule has 1 unspecified atom stereocenters. The van der Waals surface area contributed by atoms with Gasteiger partial charge in [0.1, 0.15) is 0 Å². The second kappa shape index (κ2) is 7.34. The van der Waals surface area contributed by atoms with Crippen LogP contribution in [0.4, 0.5) is 0 Å². The van der Waals surface area contributed by atoms with Crippen LogP contribution in [0.15, 0.2) is 0 Å². The van der Waals surface area contributed by atoms with E-state index in [0.29, 0.717) is 0 Å². The lowest BCUT2D eigenvalue weighted by Gasteiger charge is -2.22. The number of unbranched alkanes of at least 4 members (excludes halogenated alkanes) is 1. The molecule has 0 aliphatic rings. The molecule has 0 N–H and O–H groups in total. The van der Waals surface area contributed by atoms with Crippen molar-refractivity contribution in [2.75, 3.05) is 34.7 Å². The van der Waals surface area contributed by atoms with E-state index in [0.717, 1.165) is 6.04 Å². The van der Waals surface area contributed by atoms with Crippen molar-refractivity contribution in [3.8, 4) is 0 Å². The zero-order valence-electron chi connectivity index (χ0n) is 10.0. The molecule has 0 rings (SSSR count). The Morgan fingerprint density at radius 2 is 1.62 bits per heavy atom. The van der Waals surface area contributed by atoms with Crippen molar-refractivity contribution in [1.29, 1.82) is 0 Å². The van der Waals surface area contributed by atoms with Crippen LogP contribution in [0.25, 0.3) is 0 Å². The summed E-state index contributed by atoms with van der Waals surface area (Å²) in [5.41, 5.74) is 0. The van der Waals surface area contributed by atoms with Crippen molar-refractivity contribution in [1.82, 2.24) is 9.80 Å². The molecule has 0 heterocycles. The Labute approximate surface area is 83.9 Å². The van der Waals surface area contributed by atoms with Crippen LogP contribution < -0.4 is 0 Å². The maximum Gasteiger partial charge on any atom is 0.00865 e. The minimum atomic E-state index is 0.780. The molecule has 80 valence electrons. The molecule has 13 heavy (non-hydrogen) atoms. The predicted molar refractivity (Wildman–Crippen MR) is 60.2 cm³/mol. The maximum absolute atomic E-state index is 2.34. The van der Waals surface area contributed by atoms with Crippen LogP contribution in [0.1, 0.15) is 32.6 Å². The first-order chi connectivity index (χ1) is 6.07. The minimum Gasteiger partial charge on any atom is -0.309 e. The summed E-state index contributed by atoms with van der Waals surface area (Å²) in [7, 11) is 8.65. The topological polar surface area (TPSA) is 6.48 Å². The SMILES string of the molecule is CCC(CCCCN(C)C)N(C)C. The molecule has 0 fully saturated rings. The average molecular weight is 186 g/mol. The Kier molecular flexibility index (Phi) is 7.29. The van der Waals surface area contributed by atoms with E-state index < -0.39 is 0 Å². The highest BCUT2D eigenvalue weighted by molar-refractivity contribution is 4.63. The summed E-state index contributed by atoms with van der Waals surface area (Å²) < 4.78 is 0. The molecule has 0 amide bonds. The molecule has 0 aliphatic carbocycles. The summed E-state index contributed by atoms with van der Waals surface area (Å²) in [4.78, 5) is 4.60. The number of nitrogens with zero attached hydrogens (tertiary/aromatic N) is 2. The lowest BCUT2D eigenvalue weighted by Crippen LogP contribution is -2.27. The normalized spacial score (nSPS) is 14.1. The summed E-state index contributed by atoms with van der Waals surface area (Å²) in [5.74, 6) is 0. The van der Waals surface area contributed by atoms with Crippen molar-refractivity contribution >= 4 is 0 Å². The Bertz CT molecular complexity index is 111. The average Bonchev–Trinajstić information content (AvgIpc) is 2.03. The third kappa shape index (κ3) is 7.03.